The highest BCUT2D eigenvalue weighted by Gasteiger charge is 2.29. The fourth-order valence-electron chi connectivity index (χ4n) is 3.26. The van der Waals surface area contributed by atoms with Gasteiger partial charge >= 0.3 is 5.97 Å². The first-order valence-electron chi connectivity index (χ1n) is 7.68. The summed E-state index contributed by atoms with van der Waals surface area (Å²) in [6, 6.07) is 3.76. The second-order valence-electron chi connectivity index (χ2n) is 5.89. The summed E-state index contributed by atoms with van der Waals surface area (Å²) in [5.74, 6) is -0.790. The summed E-state index contributed by atoms with van der Waals surface area (Å²) in [6.07, 6.45) is 0.403. The van der Waals surface area contributed by atoms with Gasteiger partial charge in [-0.3, -0.25) is 9.59 Å². The normalized spacial score (nSPS) is 16.7. The number of benzene rings is 1. The molecule has 3 rings (SSSR count). The molecule has 1 aromatic carbocycles. The lowest BCUT2D eigenvalue weighted by molar-refractivity contribution is -0.141. The number of nitriles is 1. The molecule has 1 unspecified atom stereocenters. The first-order valence-corrected chi connectivity index (χ1v) is 8.43. The Morgan fingerprint density at radius 3 is 2.92 bits per heavy atom. The molecule has 0 saturated heterocycles. The number of esters is 1. The number of H-pyrrole nitrogens is 1. The molecule has 1 amide bonds. The first-order chi connectivity index (χ1) is 12.0. The van der Waals surface area contributed by atoms with E-state index in [0.717, 1.165) is 16.6 Å². The van der Waals surface area contributed by atoms with E-state index in [4.69, 9.17) is 33.2 Å². The van der Waals surface area contributed by atoms with E-state index in [0.29, 0.717) is 27.7 Å². The van der Waals surface area contributed by atoms with Crippen LogP contribution in [0.15, 0.2) is 6.07 Å². The minimum absolute atomic E-state index is 0.121. The number of fused-ring (bicyclic) bond motifs is 3. The minimum atomic E-state index is -0.368. The summed E-state index contributed by atoms with van der Waals surface area (Å²) in [4.78, 5) is 27.1. The monoisotopic (exact) mass is 379 g/mol. The van der Waals surface area contributed by atoms with Gasteiger partial charge in [0.15, 0.2) is 0 Å². The lowest BCUT2D eigenvalue weighted by Gasteiger charge is -2.13. The zero-order chi connectivity index (χ0) is 18.1. The number of nitrogens with one attached hydrogen (secondary N) is 2. The summed E-state index contributed by atoms with van der Waals surface area (Å²) in [6.45, 7) is 0.312. The number of carbonyl (C=O) groups is 2. The van der Waals surface area contributed by atoms with E-state index < -0.39 is 0 Å². The zero-order valence-corrected chi connectivity index (χ0v) is 14.9. The summed E-state index contributed by atoms with van der Waals surface area (Å²) in [5.41, 5.74) is 2.80. The van der Waals surface area contributed by atoms with Crippen molar-refractivity contribution in [3.63, 3.8) is 0 Å². The largest absolute Gasteiger partial charge is 0.469 e. The van der Waals surface area contributed by atoms with Crippen molar-refractivity contribution >= 4 is 46.0 Å². The summed E-state index contributed by atoms with van der Waals surface area (Å²) < 4.78 is 4.76. The molecule has 1 aromatic heterocycles. The number of amides is 1. The van der Waals surface area contributed by atoms with Gasteiger partial charge in [0.2, 0.25) is 5.91 Å². The number of methoxy groups -OCH3 is 1. The van der Waals surface area contributed by atoms with Crippen LogP contribution in [0.2, 0.25) is 10.0 Å². The van der Waals surface area contributed by atoms with Crippen LogP contribution in [0.5, 0.6) is 0 Å². The molecule has 1 aliphatic heterocycles. The predicted molar refractivity (Wildman–Crippen MR) is 93.7 cm³/mol. The van der Waals surface area contributed by atoms with Crippen molar-refractivity contribution in [3.05, 3.63) is 32.9 Å². The van der Waals surface area contributed by atoms with Crippen LogP contribution in [0.4, 0.5) is 0 Å². The van der Waals surface area contributed by atoms with E-state index in [-0.39, 0.29) is 37.1 Å². The fourth-order valence-corrected chi connectivity index (χ4v) is 3.69. The van der Waals surface area contributed by atoms with Crippen LogP contribution in [0.1, 0.15) is 29.2 Å². The Hall–Kier alpha value is -2.23. The lowest BCUT2D eigenvalue weighted by Crippen LogP contribution is -2.27. The van der Waals surface area contributed by atoms with Crippen LogP contribution in [-0.4, -0.2) is 30.5 Å². The highest BCUT2D eigenvalue weighted by molar-refractivity contribution is 6.45. The number of aromatic amines is 1. The molecule has 0 radical (unpaired) electrons. The zero-order valence-electron chi connectivity index (χ0n) is 13.4. The summed E-state index contributed by atoms with van der Waals surface area (Å²) in [5, 5.41) is 13.3. The molecule has 6 nitrogen and oxygen atoms in total. The third-order valence-electron chi connectivity index (χ3n) is 4.39. The van der Waals surface area contributed by atoms with Gasteiger partial charge in [0.05, 0.1) is 48.0 Å². The maximum atomic E-state index is 12.1. The van der Waals surface area contributed by atoms with Gasteiger partial charge in [0.25, 0.3) is 0 Å². The molecule has 8 heteroatoms. The standard InChI is InChI=1S/C17H15Cl2N3O3/c1-25-13(24)5-9-7-21-12(23)6-10-14-8(2-3-20)4-11(18)15(19)17(14)22-16(9)10/h4,9,22H,2,5-7H2,1H3,(H,21,23). The van der Waals surface area contributed by atoms with Gasteiger partial charge in [-0.2, -0.15) is 5.26 Å². The van der Waals surface area contributed by atoms with Gasteiger partial charge < -0.3 is 15.0 Å². The second kappa shape index (κ2) is 6.95. The molecule has 2 N–H and O–H groups in total. The maximum Gasteiger partial charge on any atom is 0.306 e. The molecule has 1 atom stereocenters. The Morgan fingerprint density at radius 2 is 2.24 bits per heavy atom. The average Bonchev–Trinajstić information content (AvgIpc) is 2.88. The van der Waals surface area contributed by atoms with Crippen LogP contribution in [0, 0.1) is 11.3 Å². The van der Waals surface area contributed by atoms with Crippen LogP contribution in [-0.2, 0) is 27.2 Å². The number of carbonyl (C=O) groups excluding carboxylic acids is 2. The van der Waals surface area contributed by atoms with E-state index in [1.165, 1.54) is 7.11 Å². The first kappa shape index (κ1) is 17.6. The Labute approximate surface area is 154 Å². The number of halogens is 2. The quantitative estimate of drug-likeness (QED) is 0.801. The summed E-state index contributed by atoms with van der Waals surface area (Å²) in [7, 11) is 1.32. The Bertz CT molecular complexity index is 914. The van der Waals surface area contributed by atoms with Gasteiger partial charge in [-0.25, -0.2) is 0 Å². The third-order valence-corrected chi connectivity index (χ3v) is 5.18. The molecule has 1 aliphatic rings. The number of nitrogens with zero attached hydrogens (tertiary/aromatic N) is 1. The topological polar surface area (TPSA) is 95.0 Å². The molecule has 0 spiro atoms. The number of hydrogen-bond acceptors (Lipinski definition) is 4. The van der Waals surface area contributed by atoms with Crippen LogP contribution in [0.3, 0.4) is 0 Å². The van der Waals surface area contributed by atoms with Crippen molar-refractivity contribution in [3.8, 4) is 6.07 Å². The van der Waals surface area contributed by atoms with E-state index in [2.05, 4.69) is 16.4 Å². The molecule has 0 fully saturated rings. The van der Waals surface area contributed by atoms with Crippen molar-refractivity contribution in [1.29, 1.82) is 5.26 Å². The Kier molecular flexibility index (Phi) is 4.89. The van der Waals surface area contributed by atoms with Crippen molar-refractivity contribution < 1.29 is 14.3 Å². The van der Waals surface area contributed by atoms with Crippen molar-refractivity contribution in [2.45, 2.75) is 25.2 Å². The van der Waals surface area contributed by atoms with Gasteiger partial charge in [-0.1, -0.05) is 23.2 Å². The van der Waals surface area contributed by atoms with E-state index in [9.17, 15) is 9.59 Å². The smallest absolute Gasteiger partial charge is 0.306 e. The van der Waals surface area contributed by atoms with E-state index in [1.807, 2.05) is 0 Å². The van der Waals surface area contributed by atoms with Crippen molar-refractivity contribution in [2.24, 2.45) is 0 Å². The lowest BCUT2D eigenvalue weighted by atomic mass is 9.95. The molecule has 130 valence electrons. The molecule has 25 heavy (non-hydrogen) atoms. The number of rotatable bonds is 3. The molecule has 2 heterocycles. The molecule has 0 saturated carbocycles. The van der Waals surface area contributed by atoms with Gasteiger partial charge in [-0.05, 0) is 17.2 Å². The molecule has 0 aliphatic carbocycles. The van der Waals surface area contributed by atoms with Crippen LogP contribution in [0.25, 0.3) is 10.9 Å². The third kappa shape index (κ3) is 3.17. The van der Waals surface area contributed by atoms with Gasteiger partial charge in [-0.15, -0.1) is 0 Å². The highest BCUT2D eigenvalue weighted by atomic mass is 35.5. The van der Waals surface area contributed by atoms with Crippen molar-refractivity contribution in [1.82, 2.24) is 10.3 Å². The second-order valence-corrected chi connectivity index (χ2v) is 6.68. The molecule has 2 aromatic rings. The van der Waals surface area contributed by atoms with Crippen LogP contribution < -0.4 is 5.32 Å². The van der Waals surface area contributed by atoms with Gasteiger partial charge in [0.1, 0.15) is 0 Å². The summed E-state index contributed by atoms with van der Waals surface area (Å²) >= 11 is 12.5. The predicted octanol–water partition coefficient (Wildman–Crippen LogP) is 2.86. The number of hydrogen-bond donors (Lipinski definition) is 2. The SMILES string of the molecule is COC(=O)CC1CNC(=O)Cc2c1[nH]c1c(Cl)c(Cl)cc(CC#N)c21. The maximum absolute atomic E-state index is 12.1. The Balaban J connectivity index is 2.26. The van der Waals surface area contributed by atoms with Gasteiger partial charge in [0, 0.05) is 23.5 Å². The highest BCUT2D eigenvalue weighted by Crippen LogP contribution is 2.40. The number of ether oxygens (including phenoxy) is 1. The molecule has 0 bridgehead atoms. The molecular weight excluding hydrogens is 365 g/mol. The number of aromatic nitrogens is 1. The fraction of sp³-hybridized carbons (Fsp3) is 0.353. The minimum Gasteiger partial charge on any atom is -0.469 e. The molecular formula is C17H15Cl2N3O3. The van der Waals surface area contributed by atoms with E-state index >= 15 is 0 Å². The average molecular weight is 380 g/mol. The van der Waals surface area contributed by atoms with Crippen LogP contribution >= 0.6 is 23.2 Å². The van der Waals surface area contributed by atoms with Crippen molar-refractivity contribution in [2.75, 3.05) is 13.7 Å². The Morgan fingerprint density at radius 1 is 1.48 bits per heavy atom. The van der Waals surface area contributed by atoms with E-state index in [1.54, 1.807) is 6.07 Å².